The largest absolute Gasteiger partial charge is 0.496 e. The van der Waals surface area contributed by atoms with Crippen LogP contribution in [0.15, 0.2) is 70.6 Å². The van der Waals surface area contributed by atoms with Gasteiger partial charge >= 0.3 is 0 Å². The van der Waals surface area contributed by atoms with Crippen molar-refractivity contribution in [1.82, 2.24) is 0 Å². The summed E-state index contributed by atoms with van der Waals surface area (Å²) in [5.41, 5.74) is 0.286. The molecule has 0 atom stereocenters. The van der Waals surface area contributed by atoms with Gasteiger partial charge in [-0.05, 0) is 30.3 Å². The van der Waals surface area contributed by atoms with E-state index in [9.17, 15) is 13.2 Å². The number of sulfone groups is 1. The zero-order chi connectivity index (χ0) is 16.9. The summed E-state index contributed by atoms with van der Waals surface area (Å²) in [7, 11) is -2.08. The van der Waals surface area contributed by atoms with Crippen LogP contribution in [0.4, 0.5) is 0 Å². The number of methoxy groups -OCH3 is 1. The molecule has 0 aliphatic rings. The zero-order valence-corrected chi connectivity index (χ0v) is 14.0. The summed E-state index contributed by atoms with van der Waals surface area (Å²) in [6.07, 6.45) is 1.21. The van der Waals surface area contributed by atoms with Gasteiger partial charge in [0, 0.05) is 0 Å². The summed E-state index contributed by atoms with van der Waals surface area (Å²) >= 11 is 5.98. The average Bonchev–Trinajstić information content (AvgIpc) is 2.59. The fourth-order valence-corrected chi connectivity index (χ4v) is 3.38. The number of Topliss-reactive ketones (excluding diaryl/α,β-unsaturated/α-hetero) is 1. The molecule has 0 aliphatic carbocycles. The lowest BCUT2D eigenvalue weighted by atomic mass is 10.1. The van der Waals surface area contributed by atoms with Gasteiger partial charge in [-0.3, -0.25) is 4.79 Å². The molecule has 0 N–H and O–H groups in total. The summed E-state index contributed by atoms with van der Waals surface area (Å²) < 4.78 is 29.5. The first-order valence-electron chi connectivity index (χ1n) is 6.77. The van der Waals surface area contributed by atoms with Crippen LogP contribution in [-0.4, -0.2) is 27.1 Å². The maximum atomic E-state index is 12.3. The number of hydrogen-bond acceptors (Lipinski definition) is 4. The van der Waals surface area contributed by atoms with Crippen molar-refractivity contribution < 1.29 is 17.9 Å². The van der Waals surface area contributed by atoms with E-state index < -0.39 is 15.6 Å². The second-order valence-electron chi connectivity index (χ2n) is 4.68. The third kappa shape index (κ3) is 4.21. The van der Waals surface area contributed by atoms with Crippen molar-refractivity contribution in [3.05, 3.63) is 71.3 Å². The topological polar surface area (TPSA) is 60.4 Å². The fourth-order valence-electron chi connectivity index (χ4n) is 1.96. The van der Waals surface area contributed by atoms with E-state index in [2.05, 4.69) is 0 Å². The number of halogens is 1. The molecule has 2 aromatic carbocycles. The minimum Gasteiger partial charge on any atom is -0.496 e. The molecule has 0 spiro atoms. The van der Waals surface area contributed by atoms with E-state index in [0.717, 1.165) is 0 Å². The van der Waals surface area contributed by atoms with Gasteiger partial charge in [0.05, 0.1) is 28.4 Å². The van der Waals surface area contributed by atoms with Crippen LogP contribution in [-0.2, 0) is 9.84 Å². The van der Waals surface area contributed by atoms with E-state index in [-0.39, 0.29) is 21.2 Å². The number of rotatable bonds is 6. The first-order chi connectivity index (χ1) is 11.0. The Morgan fingerprint density at radius 2 is 1.70 bits per heavy atom. The molecule has 4 nitrogen and oxygen atoms in total. The molecule has 6 heteroatoms. The van der Waals surface area contributed by atoms with E-state index >= 15 is 0 Å². The van der Waals surface area contributed by atoms with Crippen molar-refractivity contribution in [2.24, 2.45) is 0 Å². The SMILES string of the molecule is COc1ccccc1C(=O)/C(Cl)=C/CS(=O)(=O)c1ccccc1. The maximum Gasteiger partial charge on any atom is 0.207 e. The van der Waals surface area contributed by atoms with Gasteiger partial charge in [-0.15, -0.1) is 0 Å². The van der Waals surface area contributed by atoms with Crippen molar-refractivity contribution >= 4 is 27.2 Å². The Hall–Kier alpha value is -2.11. The highest BCUT2D eigenvalue weighted by molar-refractivity contribution is 7.91. The van der Waals surface area contributed by atoms with Gasteiger partial charge in [-0.2, -0.15) is 0 Å². The molecule has 23 heavy (non-hydrogen) atoms. The lowest BCUT2D eigenvalue weighted by molar-refractivity contribution is 0.103. The van der Waals surface area contributed by atoms with Gasteiger partial charge in [0.25, 0.3) is 0 Å². The quantitative estimate of drug-likeness (QED) is 0.591. The molecule has 0 saturated carbocycles. The van der Waals surface area contributed by atoms with Crippen molar-refractivity contribution in [2.45, 2.75) is 4.90 Å². The highest BCUT2D eigenvalue weighted by Crippen LogP contribution is 2.22. The van der Waals surface area contributed by atoms with Crippen LogP contribution in [0.25, 0.3) is 0 Å². The number of carbonyl (C=O) groups is 1. The van der Waals surface area contributed by atoms with Gasteiger partial charge in [-0.25, -0.2) is 8.42 Å². The first-order valence-corrected chi connectivity index (χ1v) is 8.80. The number of hydrogen-bond donors (Lipinski definition) is 0. The molecule has 0 fully saturated rings. The second-order valence-corrected chi connectivity index (χ2v) is 7.12. The molecule has 0 amide bonds. The van der Waals surface area contributed by atoms with E-state index in [1.807, 2.05) is 0 Å². The predicted molar refractivity (Wildman–Crippen MR) is 89.8 cm³/mol. The number of para-hydroxylation sites is 1. The van der Waals surface area contributed by atoms with Crippen LogP contribution >= 0.6 is 11.6 Å². The van der Waals surface area contributed by atoms with Crippen LogP contribution in [0.3, 0.4) is 0 Å². The Labute approximate surface area is 140 Å². The number of carbonyl (C=O) groups excluding carboxylic acids is 1. The first kappa shape index (κ1) is 17.2. The monoisotopic (exact) mass is 350 g/mol. The standard InChI is InChI=1S/C17H15ClO4S/c1-22-16-10-6-5-9-14(16)17(19)15(18)11-12-23(20,21)13-7-3-2-4-8-13/h2-11H,12H2,1H3/b15-11-. The van der Waals surface area contributed by atoms with Crippen molar-refractivity contribution in [3.63, 3.8) is 0 Å². The third-order valence-corrected chi connectivity index (χ3v) is 5.07. The van der Waals surface area contributed by atoms with Crippen molar-refractivity contribution in [1.29, 1.82) is 0 Å². The summed E-state index contributed by atoms with van der Waals surface area (Å²) in [4.78, 5) is 12.5. The highest BCUT2D eigenvalue weighted by atomic mass is 35.5. The normalized spacial score (nSPS) is 12.0. The summed E-state index contributed by atoms with van der Waals surface area (Å²) in [5.74, 6) is -0.446. The van der Waals surface area contributed by atoms with Crippen LogP contribution in [0.1, 0.15) is 10.4 Å². The highest BCUT2D eigenvalue weighted by Gasteiger charge is 2.17. The Kier molecular flexibility index (Phi) is 5.58. The Morgan fingerprint density at radius 1 is 1.09 bits per heavy atom. The van der Waals surface area contributed by atoms with Crippen molar-refractivity contribution in [3.8, 4) is 5.75 Å². The number of ether oxygens (including phenoxy) is 1. The molecule has 0 saturated heterocycles. The predicted octanol–water partition coefficient (Wildman–Crippen LogP) is 3.47. The van der Waals surface area contributed by atoms with Gasteiger partial charge in [0.15, 0.2) is 9.84 Å². The van der Waals surface area contributed by atoms with E-state index in [1.165, 1.54) is 25.3 Å². The molecule has 0 aromatic heterocycles. The van der Waals surface area contributed by atoms with Crippen molar-refractivity contribution in [2.75, 3.05) is 12.9 Å². The summed E-state index contributed by atoms with van der Waals surface area (Å²) in [5, 5.41) is -0.158. The maximum absolute atomic E-state index is 12.3. The summed E-state index contributed by atoms with van der Waals surface area (Å²) in [6.45, 7) is 0. The Morgan fingerprint density at radius 3 is 2.35 bits per heavy atom. The molecule has 120 valence electrons. The molecule has 0 bridgehead atoms. The average molecular weight is 351 g/mol. The molecular weight excluding hydrogens is 336 g/mol. The van der Waals surface area contributed by atoms with Gasteiger partial charge in [-0.1, -0.05) is 41.9 Å². The Bertz CT molecular complexity index is 827. The number of ketones is 1. The summed E-state index contributed by atoms with van der Waals surface area (Å²) in [6, 6.07) is 14.6. The van der Waals surface area contributed by atoms with Crippen LogP contribution < -0.4 is 4.74 Å². The van der Waals surface area contributed by atoms with Crippen LogP contribution in [0.5, 0.6) is 5.75 Å². The molecule has 0 heterocycles. The van der Waals surface area contributed by atoms with E-state index in [4.69, 9.17) is 16.3 Å². The third-order valence-electron chi connectivity index (χ3n) is 3.15. The molecule has 2 rings (SSSR count). The molecule has 0 radical (unpaired) electrons. The molecular formula is C17H15ClO4S. The second kappa shape index (κ2) is 7.44. The zero-order valence-electron chi connectivity index (χ0n) is 12.4. The lowest BCUT2D eigenvalue weighted by Crippen LogP contribution is -2.07. The van der Waals surface area contributed by atoms with Gasteiger partial charge in [0.2, 0.25) is 5.78 Å². The lowest BCUT2D eigenvalue weighted by Gasteiger charge is -2.06. The fraction of sp³-hybridized carbons (Fsp3) is 0.118. The minimum absolute atomic E-state index is 0.158. The minimum atomic E-state index is -3.53. The van der Waals surface area contributed by atoms with Gasteiger partial charge < -0.3 is 4.74 Å². The molecule has 0 unspecified atom stereocenters. The van der Waals surface area contributed by atoms with Gasteiger partial charge in [0.1, 0.15) is 5.75 Å². The van der Waals surface area contributed by atoms with E-state index in [0.29, 0.717) is 5.75 Å². The van der Waals surface area contributed by atoms with E-state index in [1.54, 1.807) is 42.5 Å². The van der Waals surface area contributed by atoms with Crippen LogP contribution in [0.2, 0.25) is 0 Å². The number of allylic oxidation sites excluding steroid dienone is 1. The molecule has 2 aromatic rings. The Balaban J connectivity index is 2.22. The van der Waals surface area contributed by atoms with Crippen LogP contribution in [0, 0.1) is 0 Å². The smallest absolute Gasteiger partial charge is 0.207 e. The molecule has 0 aliphatic heterocycles. The number of benzene rings is 2.